The molecule has 3 heteroatoms. The number of halogens is 1. The van der Waals surface area contributed by atoms with Gasteiger partial charge in [-0.05, 0) is 37.5 Å². The van der Waals surface area contributed by atoms with Crippen LogP contribution >= 0.6 is 11.6 Å². The number of benzene rings is 1. The number of anilines is 1. The highest BCUT2D eigenvalue weighted by atomic mass is 35.5. The predicted molar refractivity (Wildman–Crippen MR) is 65.8 cm³/mol. The normalized spacial score (nSPS) is 10.3. The molecule has 0 unspecified atom stereocenters. The van der Waals surface area contributed by atoms with Gasteiger partial charge < -0.3 is 10.1 Å². The van der Waals surface area contributed by atoms with Crippen LogP contribution < -0.4 is 5.32 Å². The van der Waals surface area contributed by atoms with E-state index >= 15 is 0 Å². The van der Waals surface area contributed by atoms with Gasteiger partial charge in [0.25, 0.3) is 0 Å². The van der Waals surface area contributed by atoms with E-state index in [1.165, 1.54) is 5.56 Å². The van der Waals surface area contributed by atoms with Crippen LogP contribution in [0.25, 0.3) is 0 Å². The second-order valence-electron chi connectivity index (χ2n) is 3.59. The summed E-state index contributed by atoms with van der Waals surface area (Å²) in [5.74, 6) is 0. The number of rotatable bonds is 6. The lowest BCUT2D eigenvalue weighted by Gasteiger charge is -2.09. The second kappa shape index (κ2) is 6.70. The molecule has 1 rings (SSSR count). The van der Waals surface area contributed by atoms with Crippen molar-refractivity contribution in [3.63, 3.8) is 0 Å². The van der Waals surface area contributed by atoms with Crippen molar-refractivity contribution in [1.82, 2.24) is 0 Å². The average molecular weight is 228 g/mol. The maximum absolute atomic E-state index is 5.92. The Kier molecular flexibility index (Phi) is 5.51. The lowest BCUT2D eigenvalue weighted by atomic mass is 10.2. The minimum Gasteiger partial charge on any atom is -0.385 e. The van der Waals surface area contributed by atoms with E-state index < -0.39 is 0 Å². The van der Waals surface area contributed by atoms with Crippen LogP contribution in [0.4, 0.5) is 5.69 Å². The zero-order valence-corrected chi connectivity index (χ0v) is 10.1. The van der Waals surface area contributed by atoms with Gasteiger partial charge in [0.05, 0.1) is 0 Å². The van der Waals surface area contributed by atoms with Crippen LogP contribution in [0.5, 0.6) is 0 Å². The summed E-state index contributed by atoms with van der Waals surface area (Å²) in [4.78, 5) is 0. The number of unbranched alkanes of at least 4 members (excludes halogenated alkanes) is 1. The van der Waals surface area contributed by atoms with E-state index in [1.54, 1.807) is 7.11 Å². The fourth-order valence-corrected chi connectivity index (χ4v) is 1.55. The highest BCUT2D eigenvalue weighted by molar-refractivity contribution is 6.30. The van der Waals surface area contributed by atoms with E-state index in [2.05, 4.69) is 12.2 Å². The number of hydrogen-bond acceptors (Lipinski definition) is 2. The number of nitrogens with one attached hydrogen (secondary N) is 1. The maximum Gasteiger partial charge on any atom is 0.0462 e. The Hall–Kier alpha value is -0.730. The van der Waals surface area contributed by atoms with Gasteiger partial charge in [0.2, 0.25) is 0 Å². The lowest BCUT2D eigenvalue weighted by molar-refractivity contribution is 0.194. The third kappa shape index (κ3) is 4.54. The smallest absolute Gasteiger partial charge is 0.0462 e. The van der Waals surface area contributed by atoms with Crippen LogP contribution in [0.1, 0.15) is 18.4 Å². The highest BCUT2D eigenvalue weighted by Crippen LogP contribution is 2.19. The Morgan fingerprint density at radius 2 is 2.13 bits per heavy atom. The molecule has 1 N–H and O–H groups in total. The van der Waals surface area contributed by atoms with Crippen LogP contribution in [-0.4, -0.2) is 20.3 Å². The first kappa shape index (κ1) is 12.3. The van der Waals surface area contributed by atoms with Gasteiger partial charge >= 0.3 is 0 Å². The molecule has 0 atom stereocenters. The molecule has 0 saturated carbocycles. The summed E-state index contributed by atoms with van der Waals surface area (Å²) in [6.07, 6.45) is 2.20. The molecule has 15 heavy (non-hydrogen) atoms. The van der Waals surface area contributed by atoms with Crippen LogP contribution in [-0.2, 0) is 4.74 Å². The van der Waals surface area contributed by atoms with Crippen LogP contribution in [0.3, 0.4) is 0 Å². The number of aryl methyl sites for hydroxylation is 1. The summed E-state index contributed by atoms with van der Waals surface area (Å²) in [6.45, 7) is 3.87. The van der Waals surface area contributed by atoms with Gasteiger partial charge in [-0.1, -0.05) is 17.7 Å². The number of hydrogen-bond donors (Lipinski definition) is 1. The molecular weight excluding hydrogens is 210 g/mol. The molecule has 2 nitrogen and oxygen atoms in total. The fraction of sp³-hybridized carbons (Fsp3) is 0.500. The van der Waals surface area contributed by atoms with Gasteiger partial charge in [0.15, 0.2) is 0 Å². The second-order valence-corrected chi connectivity index (χ2v) is 4.02. The summed E-state index contributed by atoms with van der Waals surface area (Å²) in [5, 5.41) is 4.15. The zero-order chi connectivity index (χ0) is 11.1. The Morgan fingerprint density at radius 1 is 1.33 bits per heavy atom. The summed E-state index contributed by atoms with van der Waals surface area (Å²) >= 11 is 5.92. The molecule has 0 saturated heterocycles. The Balaban J connectivity index is 2.33. The van der Waals surface area contributed by atoms with Crippen molar-refractivity contribution in [2.75, 3.05) is 25.6 Å². The van der Waals surface area contributed by atoms with Crippen molar-refractivity contribution < 1.29 is 4.74 Å². The molecule has 0 spiro atoms. The fourth-order valence-electron chi connectivity index (χ4n) is 1.38. The molecular formula is C12H18ClNO. The number of ether oxygens (including phenoxy) is 1. The third-order valence-corrected chi connectivity index (χ3v) is 2.53. The zero-order valence-electron chi connectivity index (χ0n) is 9.35. The largest absolute Gasteiger partial charge is 0.385 e. The highest BCUT2D eigenvalue weighted by Gasteiger charge is 1.98. The molecule has 0 aliphatic carbocycles. The molecule has 0 fully saturated rings. The molecule has 0 radical (unpaired) electrons. The first-order chi connectivity index (χ1) is 7.24. The van der Waals surface area contributed by atoms with E-state index in [9.17, 15) is 0 Å². The van der Waals surface area contributed by atoms with Crippen LogP contribution in [0, 0.1) is 6.92 Å². The van der Waals surface area contributed by atoms with Gasteiger partial charge in [-0.25, -0.2) is 0 Å². The summed E-state index contributed by atoms with van der Waals surface area (Å²) < 4.78 is 4.99. The standard InChI is InChI=1S/C12H18ClNO/c1-10-5-6-11(13)9-12(10)14-7-3-4-8-15-2/h5-6,9,14H,3-4,7-8H2,1-2H3. The SMILES string of the molecule is COCCCCNc1cc(Cl)ccc1C. The minimum absolute atomic E-state index is 0.778. The monoisotopic (exact) mass is 227 g/mol. The van der Waals surface area contributed by atoms with Gasteiger partial charge in [-0.15, -0.1) is 0 Å². The van der Waals surface area contributed by atoms with Crippen molar-refractivity contribution in [2.45, 2.75) is 19.8 Å². The topological polar surface area (TPSA) is 21.3 Å². The van der Waals surface area contributed by atoms with Crippen LogP contribution in [0.15, 0.2) is 18.2 Å². The Morgan fingerprint density at radius 3 is 2.87 bits per heavy atom. The average Bonchev–Trinajstić information content (AvgIpc) is 2.23. The van der Waals surface area contributed by atoms with Crippen molar-refractivity contribution >= 4 is 17.3 Å². The lowest BCUT2D eigenvalue weighted by Crippen LogP contribution is -2.04. The first-order valence-corrected chi connectivity index (χ1v) is 5.61. The first-order valence-electron chi connectivity index (χ1n) is 5.23. The Labute approximate surface area is 96.6 Å². The molecule has 0 aromatic heterocycles. The Bertz CT molecular complexity index is 302. The van der Waals surface area contributed by atoms with Crippen molar-refractivity contribution in [1.29, 1.82) is 0 Å². The van der Waals surface area contributed by atoms with Crippen molar-refractivity contribution in [3.05, 3.63) is 28.8 Å². The molecule has 0 bridgehead atoms. The van der Waals surface area contributed by atoms with Crippen molar-refractivity contribution in [2.24, 2.45) is 0 Å². The van der Waals surface area contributed by atoms with E-state index in [0.29, 0.717) is 0 Å². The molecule has 1 aromatic rings. The predicted octanol–water partition coefficient (Wildman–Crippen LogP) is 3.49. The van der Waals surface area contributed by atoms with Gasteiger partial charge in [-0.2, -0.15) is 0 Å². The van der Waals surface area contributed by atoms with E-state index in [1.807, 2.05) is 18.2 Å². The summed E-state index contributed by atoms with van der Waals surface area (Å²) in [7, 11) is 1.73. The van der Waals surface area contributed by atoms with E-state index in [-0.39, 0.29) is 0 Å². The van der Waals surface area contributed by atoms with Crippen LogP contribution in [0.2, 0.25) is 5.02 Å². The molecule has 84 valence electrons. The molecule has 1 aromatic carbocycles. The quantitative estimate of drug-likeness (QED) is 0.752. The maximum atomic E-state index is 5.92. The molecule has 0 heterocycles. The van der Waals surface area contributed by atoms with Gasteiger partial charge in [0.1, 0.15) is 0 Å². The summed E-state index contributed by atoms with van der Waals surface area (Å²) in [5.41, 5.74) is 2.35. The van der Waals surface area contributed by atoms with Crippen molar-refractivity contribution in [3.8, 4) is 0 Å². The van der Waals surface area contributed by atoms with E-state index in [0.717, 1.165) is 36.7 Å². The molecule has 0 amide bonds. The van der Waals surface area contributed by atoms with Gasteiger partial charge in [-0.3, -0.25) is 0 Å². The van der Waals surface area contributed by atoms with Gasteiger partial charge in [0, 0.05) is 31.0 Å². The molecule has 0 aliphatic heterocycles. The van der Waals surface area contributed by atoms with E-state index in [4.69, 9.17) is 16.3 Å². The molecule has 0 aliphatic rings. The third-order valence-electron chi connectivity index (χ3n) is 2.29. The minimum atomic E-state index is 0.778. The number of methoxy groups -OCH3 is 1. The summed E-state index contributed by atoms with van der Waals surface area (Å²) in [6, 6.07) is 5.90.